The lowest BCUT2D eigenvalue weighted by Crippen LogP contribution is -2.06. The molecule has 0 bridgehead atoms. The molecule has 0 radical (unpaired) electrons. The van der Waals surface area contributed by atoms with Gasteiger partial charge in [0.25, 0.3) is 0 Å². The first kappa shape index (κ1) is 5.92. The van der Waals surface area contributed by atoms with Crippen molar-refractivity contribution in [3.8, 4) is 0 Å². The van der Waals surface area contributed by atoms with E-state index >= 15 is 0 Å². The molecular weight excluding hydrogens is 101 g/mol. The predicted octanol–water partition coefficient (Wildman–Crippen LogP) is 0.583. The smallest absolute Gasteiger partial charge is 0.126 e. The number of hydrogen-bond donors (Lipinski definition) is 2. The van der Waals surface area contributed by atoms with E-state index < -0.39 is 6.10 Å². The van der Waals surface area contributed by atoms with Crippen molar-refractivity contribution in [1.82, 2.24) is 0 Å². The Kier molecular flexibility index (Phi) is 2.13. The lowest BCUT2D eigenvalue weighted by molar-refractivity contribution is 0.264. The zero-order valence-corrected chi connectivity index (χ0v) is 4.16. The summed E-state index contributed by atoms with van der Waals surface area (Å²) in [6, 6.07) is 0. The molecule has 36 valence electrons. The Bertz CT molecular complexity index is 61.8. The van der Waals surface area contributed by atoms with E-state index in [0.717, 1.165) is 0 Å². The maximum Gasteiger partial charge on any atom is 0.126 e. The number of aliphatic hydroxyl groups is 1. The van der Waals surface area contributed by atoms with Gasteiger partial charge < -0.3 is 5.11 Å². The molecule has 0 aliphatic rings. The highest BCUT2D eigenvalue weighted by Crippen LogP contribution is 1.86. The summed E-state index contributed by atoms with van der Waals surface area (Å²) in [5, 5.41) is 14.5. The van der Waals surface area contributed by atoms with Gasteiger partial charge in [0.1, 0.15) is 11.3 Å². The summed E-state index contributed by atoms with van der Waals surface area (Å²) in [6.45, 7) is 1.44. The standard InChI is InChI=1S/C3H6ClNO/c1-2(6)3(4)5/h2,5-6H,1H3. The van der Waals surface area contributed by atoms with Gasteiger partial charge in [0, 0.05) is 0 Å². The molecule has 0 aromatic heterocycles. The summed E-state index contributed by atoms with van der Waals surface area (Å²) in [5.74, 6) is 0. The molecule has 0 heterocycles. The maximum absolute atomic E-state index is 8.27. The summed E-state index contributed by atoms with van der Waals surface area (Å²) in [6.07, 6.45) is -0.799. The molecule has 3 heteroatoms. The highest BCUT2D eigenvalue weighted by molar-refractivity contribution is 6.65. The molecule has 1 unspecified atom stereocenters. The van der Waals surface area contributed by atoms with Crippen molar-refractivity contribution >= 4 is 16.8 Å². The van der Waals surface area contributed by atoms with E-state index in [2.05, 4.69) is 0 Å². The summed E-state index contributed by atoms with van der Waals surface area (Å²) in [7, 11) is 0. The Morgan fingerprint density at radius 1 is 2.00 bits per heavy atom. The topological polar surface area (TPSA) is 44.1 Å². The van der Waals surface area contributed by atoms with Gasteiger partial charge in [-0.15, -0.1) is 0 Å². The molecule has 0 saturated heterocycles. The van der Waals surface area contributed by atoms with Crippen LogP contribution in [-0.2, 0) is 0 Å². The van der Waals surface area contributed by atoms with Crippen LogP contribution >= 0.6 is 11.6 Å². The van der Waals surface area contributed by atoms with Gasteiger partial charge in [-0.05, 0) is 6.92 Å². The highest BCUT2D eigenvalue weighted by Gasteiger charge is 1.95. The van der Waals surface area contributed by atoms with Crippen molar-refractivity contribution in [3.63, 3.8) is 0 Å². The minimum atomic E-state index is -0.799. The van der Waals surface area contributed by atoms with Crippen molar-refractivity contribution < 1.29 is 5.11 Å². The normalized spacial score (nSPS) is 13.8. The molecule has 2 N–H and O–H groups in total. The first-order chi connectivity index (χ1) is 2.64. The van der Waals surface area contributed by atoms with E-state index in [-0.39, 0.29) is 5.17 Å². The summed E-state index contributed by atoms with van der Waals surface area (Å²) < 4.78 is 0. The Hall–Kier alpha value is -0.0800. The SMILES string of the molecule is CC(O)C(=N)Cl. The van der Waals surface area contributed by atoms with Gasteiger partial charge in [0.05, 0.1) is 0 Å². The Labute approximate surface area is 41.3 Å². The van der Waals surface area contributed by atoms with Crippen molar-refractivity contribution in [1.29, 1.82) is 5.41 Å². The van der Waals surface area contributed by atoms with Gasteiger partial charge in [0.15, 0.2) is 0 Å². The third-order valence-electron chi connectivity index (χ3n) is 0.367. The van der Waals surface area contributed by atoms with Crippen LogP contribution in [0.15, 0.2) is 0 Å². The molecule has 1 atom stereocenters. The Morgan fingerprint density at radius 2 is 2.17 bits per heavy atom. The molecule has 0 saturated carbocycles. The molecule has 6 heavy (non-hydrogen) atoms. The molecule has 0 aliphatic carbocycles. The molecular formula is C3H6ClNO. The zero-order valence-electron chi connectivity index (χ0n) is 3.40. The second kappa shape index (κ2) is 2.16. The van der Waals surface area contributed by atoms with E-state index in [1.807, 2.05) is 0 Å². The second-order valence-electron chi connectivity index (χ2n) is 1.02. The van der Waals surface area contributed by atoms with Gasteiger partial charge in [0.2, 0.25) is 0 Å². The van der Waals surface area contributed by atoms with Gasteiger partial charge >= 0.3 is 0 Å². The maximum atomic E-state index is 8.27. The van der Waals surface area contributed by atoms with Gasteiger partial charge in [-0.2, -0.15) is 0 Å². The average molecular weight is 108 g/mol. The Morgan fingerprint density at radius 3 is 2.17 bits per heavy atom. The largest absolute Gasteiger partial charge is 0.386 e. The molecule has 0 aromatic carbocycles. The van der Waals surface area contributed by atoms with Crippen LogP contribution in [0.1, 0.15) is 6.92 Å². The molecule has 0 rings (SSSR count). The van der Waals surface area contributed by atoms with Crippen molar-refractivity contribution in [2.75, 3.05) is 0 Å². The van der Waals surface area contributed by atoms with Crippen LogP contribution < -0.4 is 0 Å². The van der Waals surface area contributed by atoms with Crippen LogP contribution in [0.25, 0.3) is 0 Å². The molecule has 0 fully saturated rings. The van der Waals surface area contributed by atoms with E-state index in [9.17, 15) is 0 Å². The van der Waals surface area contributed by atoms with Crippen molar-refractivity contribution in [3.05, 3.63) is 0 Å². The Balaban J connectivity index is 3.26. The number of rotatable bonds is 1. The van der Waals surface area contributed by atoms with Crippen LogP contribution in [0.4, 0.5) is 0 Å². The molecule has 2 nitrogen and oxygen atoms in total. The first-order valence-corrected chi connectivity index (χ1v) is 1.94. The van der Waals surface area contributed by atoms with E-state index in [1.165, 1.54) is 6.92 Å². The molecule has 0 amide bonds. The average Bonchev–Trinajstić information content (AvgIpc) is 1.36. The highest BCUT2D eigenvalue weighted by atomic mass is 35.5. The predicted molar refractivity (Wildman–Crippen MR) is 25.3 cm³/mol. The lowest BCUT2D eigenvalue weighted by Gasteiger charge is -1.92. The van der Waals surface area contributed by atoms with Crippen LogP contribution in [0.2, 0.25) is 0 Å². The van der Waals surface area contributed by atoms with E-state index in [1.54, 1.807) is 0 Å². The summed E-state index contributed by atoms with van der Waals surface area (Å²) >= 11 is 4.95. The zero-order chi connectivity index (χ0) is 5.15. The minimum absolute atomic E-state index is 0.213. The van der Waals surface area contributed by atoms with Crippen molar-refractivity contribution in [2.24, 2.45) is 0 Å². The fourth-order valence-electron chi connectivity index (χ4n) is 0. The molecule has 0 aromatic rings. The number of halogens is 1. The minimum Gasteiger partial charge on any atom is -0.386 e. The third-order valence-corrected chi connectivity index (χ3v) is 0.683. The van der Waals surface area contributed by atoms with Gasteiger partial charge in [-0.25, -0.2) is 0 Å². The van der Waals surface area contributed by atoms with Crippen LogP contribution in [0, 0.1) is 5.41 Å². The van der Waals surface area contributed by atoms with Crippen LogP contribution in [0.3, 0.4) is 0 Å². The fraction of sp³-hybridized carbons (Fsp3) is 0.667. The molecule has 0 aliphatic heterocycles. The summed E-state index contributed by atoms with van der Waals surface area (Å²) in [5.41, 5.74) is 0. The van der Waals surface area contributed by atoms with E-state index in [0.29, 0.717) is 0 Å². The van der Waals surface area contributed by atoms with Crippen LogP contribution in [0.5, 0.6) is 0 Å². The number of aliphatic hydroxyl groups excluding tert-OH is 1. The van der Waals surface area contributed by atoms with Gasteiger partial charge in [-0.1, -0.05) is 11.6 Å². The fourth-order valence-corrected chi connectivity index (χ4v) is 0. The van der Waals surface area contributed by atoms with Crippen LogP contribution in [-0.4, -0.2) is 16.4 Å². The lowest BCUT2D eigenvalue weighted by atomic mass is 10.5. The quantitative estimate of drug-likeness (QED) is 0.473. The second-order valence-corrected chi connectivity index (χ2v) is 1.43. The number of hydrogen-bond acceptors (Lipinski definition) is 2. The molecule has 0 spiro atoms. The van der Waals surface area contributed by atoms with Gasteiger partial charge in [-0.3, -0.25) is 5.41 Å². The van der Waals surface area contributed by atoms with E-state index in [4.69, 9.17) is 22.1 Å². The monoisotopic (exact) mass is 107 g/mol. The summed E-state index contributed by atoms with van der Waals surface area (Å²) in [4.78, 5) is 0. The number of nitrogens with one attached hydrogen (secondary N) is 1. The third kappa shape index (κ3) is 2.18. The first-order valence-electron chi connectivity index (χ1n) is 1.56. The van der Waals surface area contributed by atoms with Crippen molar-refractivity contribution in [2.45, 2.75) is 13.0 Å².